The van der Waals surface area contributed by atoms with Crippen LogP contribution in [0, 0.1) is 6.92 Å². The Balaban J connectivity index is 1.66. The number of ether oxygens (including phenoxy) is 3. The van der Waals surface area contributed by atoms with Gasteiger partial charge in [-0.15, -0.1) is 0 Å². The molecule has 1 unspecified atom stereocenters. The first kappa shape index (κ1) is 24.1. The summed E-state index contributed by atoms with van der Waals surface area (Å²) in [5, 5.41) is 3.84. The number of nitrogens with zero attached hydrogens (tertiary/aromatic N) is 2. The molecule has 0 amide bonds. The van der Waals surface area contributed by atoms with Gasteiger partial charge in [0.2, 0.25) is 0 Å². The van der Waals surface area contributed by atoms with Crippen molar-refractivity contribution >= 4 is 16.7 Å². The molecule has 4 rings (SSSR count). The lowest BCUT2D eigenvalue weighted by Gasteiger charge is -2.32. The van der Waals surface area contributed by atoms with Gasteiger partial charge in [0.15, 0.2) is 11.5 Å². The van der Waals surface area contributed by atoms with Gasteiger partial charge in [-0.2, -0.15) is 13.2 Å². The largest absolute Gasteiger partial charge is 0.493 e. The Morgan fingerprint density at radius 1 is 1.12 bits per heavy atom. The molecule has 1 fully saturated rings. The summed E-state index contributed by atoms with van der Waals surface area (Å²) in [6, 6.07) is 8.80. The van der Waals surface area contributed by atoms with Crippen molar-refractivity contribution in [2.45, 2.75) is 58.0 Å². The topological polar surface area (TPSA) is 65.5 Å². The number of nitrogens with one attached hydrogen (secondary N) is 1. The zero-order chi connectivity index (χ0) is 24.5. The van der Waals surface area contributed by atoms with Crippen LogP contribution in [0.1, 0.15) is 43.6 Å². The van der Waals surface area contributed by atoms with Crippen molar-refractivity contribution in [3.8, 4) is 11.5 Å². The molecule has 0 bridgehead atoms. The molecule has 9 heteroatoms. The quantitative estimate of drug-likeness (QED) is 0.458. The summed E-state index contributed by atoms with van der Waals surface area (Å²) in [6.45, 7) is 6.59. The summed E-state index contributed by atoms with van der Waals surface area (Å²) in [5.74, 6) is 2.07. The van der Waals surface area contributed by atoms with E-state index in [4.69, 9.17) is 14.2 Å². The highest BCUT2D eigenvalue weighted by Crippen LogP contribution is 2.38. The highest BCUT2D eigenvalue weighted by Gasteiger charge is 2.36. The molecular formula is C25H28F3N3O3. The fourth-order valence-corrected chi connectivity index (χ4v) is 4.15. The lowest BCUT2D eigenvalue weighted by atomic mass is 9.99. The van der Waals surface area contributed by atoms with Gasteiger partial charge < -0.3 is 19.5 Å². The Morgan fingerprint density at radius 2 is 1.91 bits per heavy atom. The van der Waals surface area contributed by atoms with Gasteiger partial charge in [0.25, 0.3) is 0 Å². The Bertz CT molecular complexity index is 1180. The SMILES string of the molecule is COc1cc2nc(C)nc(NCc3cccc(C(F)(F)F)c3)c2cc1OC(C)(C)C1CCCO1. The molecule has 6 nitrogen and oxygen atoms in total. The van der Waals surface area contributed by atoms with E-state index in [0.717, 1.165) is 25.0 Å². The van der Waals surface area contributed by atoms with Crippen molar-refractivity contribution in [2.24, 2.45) is 0 Å². The summed E-state index contributed by atoms with van der Waals surface area (Å²) in [4.78, 5) is 8.99. The lowest BCUT2D eigenvalue weighted by molar-refractivity contribution is -0.137. The van der Waals surface area contributed by atoms with Crippen molar-refractivity contribution < 1.29 is 27.4 Å². The molecule has 1 aliphatic rings. The molecule has 34 heavy (non-hydrogen) atoms. The molecule has 0 radical (unpaired) electrons. The van der Waals surface area contributed by atoms with Gasteiger partial charge in [0.1, 0.15) is 17.2 Å². The van der Waals surface area contributed by atoms with Crippen LogP contribution in [-0.4, -0.2) is 35.4 Å². The molecule has 1 saturated heterocycles. The number of hydrogen-bond donors (Lipinski definition) is 1. The number of methoxy groups -OCH3 is 1. The molecule has 0 aliphatic carbocycles. The third-order valence-electron chi connectivity index (χ3n) is 5.89. The van der Waals surface area contributed by atoms with E-state index in [1.54, 1.807) is 32.2 Å². The van der Waals surface area contributed by atoms with Crippen LogP contribution in [-0.2, 0) is 17.5 Å². The summed E-state index contributed by atoms with van der Waals surface area (Å²) in [5.41, 5.74) is -0.150. The fourth-order valence-electron chi connectivity index (χ4n) is 4.15. The number of benzene rings is 2. The van der Waals surface area contributed by atoms with Crippen molar-refractivity contribution in [2.75, 3.05) is 19.0 Å². The number of anilines is 1. The molecule has 3 aromatic rings. The molecule has 0 spiro atoms. The maximum absolute atomic E-state index is 13.1. The first-order chi connectivity index (χ1) is 16.1. The molecule has 0 saturated carbocycles. The second-order valence-electron chi connectivity index (χ2n) is 8.90. The van der Waals surface area contributed by atoms with E-state index in [-0.39, 0.29) is 12.6 Å². The summed E-state index contributed by atoms with van der Waals surface area (Å²) >= 11 is 0. The zero-order valence-electron chi connectivity index (χ0n) is 19.6. The Labute approximate surface area is 196 Å². The van der Waals surface area contributed by atoms with Gasteiger partial charge in [-0.05, 0) is 57.4 Å². The van der Waals surface area contributed by atoms with Gasteiger partial charge in [-0.1, -0.05) is 12.1 Å². The summed E-state index contributed by atoms with van der Waals surface area (Å²) in [7, 11) is 1.56. The maximum atomic E-state index is 13.1. The molecule has 1 atom stereocenters. The number of alkyl halides is 3. The first-order valence-electron chi connectivity index (χ1n) is 11.1. The minimum absolute atomic E-state index is 0.0410. The first-order valence-corrected chi connectivity index (χ1v) is 11.1. The van der Waals surface area contributed by atoms with Crippen LogP contribution in [0.5, 0.6) is 11.5 Å². The Hall–Kier alpha value is -3.07. The molecule has 2 heterocycles. The average Bonchev–Trinajstić information content (AvgIpc) is 3.33. The molecule has 182 valence electrons. The van der Waals surface area contributed by atoms with Gasteiger partial charge >= 0.3 is 6.18 Å². The predicted molar refractivity (Wildman–Crippen MR) is 123 cm³/mol. The number of aryl methyl sites for hydroxylation is 1. The minimum atomic E-state index is -4.40. The third-order valence-corrected chi connectivity index (χ3v) is 5.89. The molecule has 1 aliphatic heterocycles. The summed E-state index contributed by atoms with van der Waals surface area (Å²) in [6.07, 6.45) is -2.54. The van der Waals surface area contributed by atoms with E-state index in [0.29, 0.717) is 46.2 Å². The normalized spacial score (nSPS) is 16.6. The van der Waals surface area contributed by atoms with E-state index in [1.807, 2.05) is 13.8 Å². The highest BCUT2D eigenvalue weighted by atomic mass is 19.4. The second-order valence-corrected chi connectivity index (χ2v) is 8.90. The van der Waals surface area contributed by atoms with Crippen LogP contribution in [0.4, 0.5) is 19.0 Å². The van der Waals surface area contributed by atoms with Crippen LogP contribution >= 0.6 is 0 Å². The fraction of sp³-hybridized carbons (Fsp3) is 0.440. The number of hydrogen-bond acceptors (Lipinski definition) is 6. The van der Waals surface area contributed by atoms with Crippen molar-refractivity contribution in [1.29, 1.82) is 0 Å². The van der Waals surface area contributed by atoms with E-state index in [9.17, 15) is 13.2 Å². The van der Waals surface area contributed by atoms with Gasteiger partial charge in [0.05, 0.1) is 24.3 Å². The number of halogens is 3. The lowest BCUT2D eigenvalue weighted by Crippen LogP contribution is -2.41. The van der Waals surface area contributed by atoms with Crippen LogP contribution in [0.3, 0.4) is 0 Å². The van der Waals surface area contributed by atoms with Crippen LogP contribution in [0.15, 0.2) is 36.4 Å². The molecule has 1 aromatic heterocycles. The van der Waals surface area contributed by atoms with Gasteiger partial charge in [-0.25, -0.2) is 9.97 Å². The zero-order valence-corrected chi connectivity index (χ0v) is 19.6. The second kappa shape index (κ2) is 9.29. The van der Waals surface area contributed by atoms with Gasteiger partial charge in [-0.3, -0.25) is 0 Å². The number of rotatable bonds is 7. The monoisotopic (exact) mass is 475 g/mol. The van der Waals surface area contributed by atoms with E-state index in [2.05, 4.69) is 15.3 Å². The maximum Gasteiger partial charge on any atom is 0.416 e. The number of fused-ring (bicyclic) bond motifs is 1. The highest BCUT2D eigenvalue weighted by molar-refractivity contribution is 5.91. The Kier molecular flexibility index (Phi) is 6.58. The summed E-state index contributed by atoms with van der Waals surface area (Å²) < 4.78 is 57.0. The molecule has 2 aromatic carbocycles. The average molecular weight is 476 g/mol. The van der Waals surface area contributed by atoms with E-state index >= 15 is 0 Å². The van der Waals surface area contributed by atoms with Gasteiger partial charge in [0, 0.05) is 24.6 Å². The number of aromatic nitrogens is 2. The molecular weight excluding hydrogens is 447 g/mol. The van der Waals surface area contributed by atoms with E-state index < -0.39 is 17.3 Å². The smallest absolute Gasteiger partial charge is 0.416 e. The third kappa shape index (κ3) is 5.19. The minimum Gasteiger partial charge on any atom is -0.493 e. The Morgan fingerprint density at radius 3 is 2.59 bits per heavy atom. The predicted octanol–water partition coefficient (Wildman–Crippen LogP) is 5.91. The van der Waals surface area contributed by atoms with Crippen LogP contribution < -0.4 is 14.8 Å². The van der Waals surface area contributed by atoms with Crippen LogP contribution in [0.2, 0.25) is 0 Å². The standard InChI is InChI=1S/C25H28F3N3O3/c1-15-30-19-13-20(32-4)21(34-24(2,3)22-9-6-10-33-22)12-18(19)23(31-15)29-14-16-7-5-8-17(11-16)25(26,27)28/h5,7-8,11-13,22H,6,9-10,14H2,1-4H3,(H,29,30,31). The molecule has 1 N–H and O–H groups in total. The van der Waals surface area contributed by atoms with Crippen molar-refractivity contribution in [3.63, 3.8) is 0 Å². The van der Waals surface area contributed by atoms with Crippen molar-refractivity contribution in [3.05, 3.63) is 53.3 Å². The van der Waals surface area contributed by atoms with E-state index in [1.165, 1.54) is 6.07 Å². The van der Waals surface area contributed by atoms with Crippen molar-refractivity contribution in [1.82, 2.24) is 9.97 Å². The van der Waals surface area contributed by atoms with Crippen LogP contribution in [0.25, 0.3) is 10.9 Å².